The van der Waals surface area contributed by atoms with Crippen LogP contribution in [0.4, 0.5) is 0 Å². The van der Waals surface area contributed by atoms with Gasteiger partial charge in [0.05, 0.1) is 0 Å². The van der Waals surface area contributed by atoms with Gasteiger partial charge in [-0.25, -0.2) is 4.79 Å². The lowest BCUT2D eigenvalue weighted by Crippen LogP contribution is -2.16. The van der Waals surface area contributed by atoms with E-state index in [4.69, 9.17) is 5.11 Å². The maximum atomic E-state index is 11.1. The highest BCUT2D eigenvalue weighted by atomic mass is 127. The van der Waals surface area contributed by atoms with Gasteiger partial charge in [-0.15, -0.1) is 0 Å². The van der Waals surface area contributed by atoms with Crippen LogP contribution in [-0.2, 0) is 0 Å². The van der Waals surface area contributed by atoms with E-state index in [0.717, 1.165) is 16.4 Å². The lowest BCUT2D eigenvalue weighted by atomic mass is 9.95. The highest BCUT2D eigenvalue weighted by Crippen LogP contribution is 2.30. The minimum absolute atomic E-state index is 0.397. The van der Waals surface area contributed by atoms with Crippen molar-refractivity contribution in [2.24, 2.45) is 0 Å². The Kier molecular flexibility index (Phi) is 3.33. The van der Waals surface area contributed by atoms with Gasteiger partial charge in [0, 0.05) is 15.8 Å². The molecular formula is C11H14INO2. The minimum atomic E-state index is -0.816. The van der Waals surface area contributed by atoms with Crippen molar-refractivity contribution in [2.45, 2.75) is 38.1 Å². The molecule has 0 unspecified atom stereocenters. The Balaban J connectivity index is 2.28. The number of hydrogen-bond acceptors (Lipinski definition) is 1. The van der Waals surface area contributed by atoms with Crippen molar-refractivity contribution in [3.63, 3.8) is 0 Å². The number of aromatic nitrogens is 1. The molecule has 3 nitrogen and oxygen atoms in total. The average molecular weight is 319 g/mol. The highest BCUT2D eigenvalue weighted by Gasteiger charge is 2.20. The van der Waals surface area contributed by atoms with E-state index in [1.54, 1.807) is 6.07 Å². The van der Waals surface area contributed by atoms with E-state index in [1.165, 1.54) is 19.3 Å². The van der Waals surface area contributed by atoms with Crippen LogP contribution in [0.25, 0.3) is 0 Å². The molecule has 0 amide bonds. The van der Waals surface area contributed by atoms with E-state index in [-0.39, 0.29) is 0 Å². The molecule has 1 saturated carbocycles. The largest absolute Gasteiger partial charge is 0.477 e. The summed E-state index contributed by atoms with van der Waals surface area (Å²) in [6.45, 7) is 0. The third-order valence-electron chi connectivity index (χ3n) is 3.00. The fourth-order valence-corrected chi connectivity index (χ4v) is 2.87. The molecule has 2 rings (SSSR count). The Hall–Kier alpha value is -0.520. The van der Waals surface area contributed by atoms with Crippen LogP contribution in [0.3, 0.4) is 0 Å². The first-order chi connectivity index (χ1) is 7.18. The second-order valence-electron chi connectivity index (χ2n) is 4.05. The SMILES string of the molecule is O=C(O)c1cc(I)cn1C1CCCCC1. The van der Waals surface area contributed by atoms with E-state index < -0.39 is 5.97 Å². The summed E-state index contributed by atoms with van der Waals surface area (Å²) in [5, 5.41) is 9.09. The van der Waals surface area contributed by atoms with E-state index in [1.807, 2.05) is 10.8 Å². The Bertz CT molecular complexity index is 367. The molecule has 1 aromatic rings. The first kappa shape index (κ1) is 11.0. The smallest absolute Gasteiger partial charge is 0.352 e. The summed E-state index contributed by atoms with van der Waals surface area (Å²) >= 11 is 2.17. The summed E-state index contributed by atoms with van der Waals surface area (Å²) in [5.74, 6) is -0.816. The molecule has 0 spiro atoms. The van der Waals surface area contributed by atoms with Gasteiger partial charge in [-0.1, -0.05) is 19.3 Å². The minimum Gasteiger partial charge on any atom is -0.477 e. The standard InChI is InChI=1S/C11H14INO2/c12-8-6-10(11(14)15)13(7-8)9-4-2-1-3-5-9/h6-7,9H,1-5H2,(H,14,15). The average Bonchev–Trinajstić information content (AvgIpc) is 2.62. The van der Waals surface area contributed by atoms with Gasteiger partial charge in [-0.05, 0) is 41.5 Å². The number of hydrogen-bond donors (Lipinski definition) is 1. The van der Waals surface area contributed by atoms with Crippen LogP contribution in [-0.4, -0.2) is 15.6 Å². The van der Waals surface area contributed by atoms with Crippen LogP contribution in [0.15, 0.2) is 12.3 Å². The first-order valence-electron chi connectivity index (χ1n) is 5.29. The van der Waals surface area contributed by atoms with Gasteiger partial charge in [0.25, 0.3) is 0 Å². The number of rotatable bonds is 2. The van der Waals surface area contributed by atoms with Crippen molar-refractivity contribution in [3.05, 3.63) is 21.5 Å². The Morgan fingerprint density at radius 2 is 2.07 bits per heavy atom. The molecule has 0 atom stereocenters. The molecular weight excluding hydrogens is 305 g/mol. The van der Waals surface area contributed by atoms with Crippen molar-refractivity contribution in [1.82, 2.24) is 4.57 Å². The molecule has 0 radical (unpaired) electrons. The lowest BCUT2D eigenvalue weighted by Gasteiger charge is -2.24. The fraction of sp³-hybridized carbons (Fsp3) is 0.545. The monoisotopic (exact) mass is 319 g/mol. The molecule has 0 aromatic carbocycles. The van der Waals surface area contributed by atoms with Crippen LogP contribution in [0.5, 0.6) is 0 Å². The number of aromatic carboxylic acids is 1. The summed E-state index contributed by atoms with van der Waals surface area (Å²) < 4.78 is 2.96. The molecule has 1 aliphatic carbocycles. The van der Waals surface area contributed by atoms with Crippen LogP contribution in [0.2, 0.25) is 0 Å². The zero-order valence-corrected chi connectivity index (χ0v) is 10.6. The lowest BCUT2D eigenvalue weighted by molar-refractivity contribution is 0.0681. The summed E-state index contributed by atoms with van der Waals surface area (Å²) in [6.07, 6.45) is 7.92. The van der Waals surface area contributed by atoms with E-state index in [0.29, 0.717) is 11.7 Å². The van der Waals surface area contributed by atoms with Crippen molar-refractivity contribution in [3.8, 4) is 0 Å². The van der Waals surface area contributed by atoms with Crippen molar-refractivity contribution >= 4 is 28.6 Å². The zero-order valence-electron chi connectivity index (χ0n) is 8.45. The number of carbonyl (C=O) groups is 1. The molecule has 1 aliphatic rings. The quantitative estimate of drug-likeness (QED) is 0.850. The molecule has 0 aliphatic heterocycles. The van der Waals surface area contributed by atoms with Crippen LogP contribution in [0.1, 0.15) is 48.6 Å². The second kappa shape index (κ2) is 4.55. The van der Waals surface area contributed by atoms with E-state index in [9.17, 15) is 4.79 Å². The predicted molar refractivity (Wildman–Crippen MR) is 66.2 cm³/mol. The topological polar surface area (TPSA) is 42.2 Å². The number of nitrogens with zero attached hydrogens (tertiary/aromatic N) is 1. The number of halogens is 1. The Morgan fingerprint density at radius 3 is 2.67 bits per heavy atom. The van der Waals surface area contributed by atoms with Crippen LogP contribution >= 0.6 is 22.6 Å². The van der Waals surface area contributed by atoms with Gasteiger partial charge in [-0.2, -0.15) is 0 Å². The van der Waals surface area contributed by atoms with E-state index in [2.05, 4.69) is 22.6 Å². The molecule has 0 saturated heterocycles. The van der Waals surface area contributed by atoms with Gasteiger partial charge in [0.1, 0.15) is 5.69 Å². The van der Waals surface area contributed by atoms with Gasteiger partial charge >= 0.3 is 5.97 Å². The normalized spacial score (nSPS) is 17.9. The Labute approximate surface area is 103 Å². The highest BCUT2D eigenvalue weighted by molar-refractivity contribution is 14.1. The molecule has 1 aromatic heterocycles. The third-order valence-corrected chi connectivity index (χ3v) is 3.59. The van der Waals surface area contributed by atoms with Crippen LogP contribution in [0, 0.1) is 3.57 Å². The maximum absolute atomic E-state index is 11.1. The molecule has 15 heavy (non-hydrogen) atoms. The number of carboxylic acid groups (broad SMARTS) is 1. The third kappa shape index (κ3) is 2.35. The fourth-order valence-electron chi connectivity index (χ4n) is 2.28. The molecule has 0 bridgehead atoms. The van der Waals surface area contributed by atoms with Gasteiger partial charge in [0.15, 0.2) is 0 Å². The van der Waals surface area contributed by atoms with Crippen molar-refractivity contribution in [2.75, 3.05) is 0 Å². The predicted octanol–water partition coefficient (Wildman–Crippen LogP) is 3.30. The molecule has 1 heterocycles. The molecule has 4 heteroatoms. The summed E-state index contributed by atoms with van der Waals surface area (Å²) in [6, 6.07) is 2.14. The summed E-state index contributed by atoms with van der Waals surface area (Å²) in [7, 11) is 0. The summed E-state index contributed by atoms with van der Waals surface area (Å²) in [5.41, 5.74) is 0.436. The first-order valence-corrected chi connectivity index (χ1v) is 6.37. The molecule has 1 N–H and O–H groups in total. The van der Waals surface area contributed by atoms with Crippen molar-refractivity contribution < 1.29 is 9.90 Å². The Morgan fingerprint density at radius 1 is 1.40 bits per heavy atom. The maximum Gasteiger partial charge on any atom is 0.352 e. The van der Waals surface area contributed by atoms with Crippen LogP contribution < -0.4 is 0 Å². The van der Waals surface area contributed by atoms with E-state index >= 15 is 0 Å². The van der Waals surface area contributed by atoms with Gasteiger partial charge < -0.3 is 9.67 Å². The van der Waals surface area contributed by atoms with Gasteiger partial charge in [0.2, 0.25) is 0 Å². The summed E-state index contributed by atoms with van der Waals surface area (Å²) in [4.78, 5) is 11.1. The van der Waals surface area contributed by atoms with Crippen molar-refractivity contribution in [1.29, 1.82) is 0 Å². The number of carboxylic acids is 1. The molecule has 82 valence electrons. The second-order valence-corrected chi connectivity index (χ2v) is 5.29. The zero-order chi connectivity index (χ0) is 10.8. The molecule has 1 fully saturated rings. The van der Waals surface area contributed by atoms with Gasteiger partial charge in [-0.3, -0.25) is 0 Å².